The van der Waals surface area contributed by atoms with E-state index in [1.165, 1.54) is 18.4 Å². The van der Waals surface area contributed by atoms with Crippen molar-refractivity contribution in [3.8, 4) is 11.1 Å². The number of hydrogen-bond donors (Lipinski definition) is 1. The highest BCUT2D eigenvalue weighted by Crippen LogP contribution is 2.37. The minimum absolute atomic E-state index is 0.128. The summed E-state index contributed by atoms with van der Waals surface area (Å²) in [6.45, 7) is 5.96. The van der Waals surface area contributed by atoms with Crippen molar-refractivity contribution in [2.75, 3.05) is 12.4 Å². The molecule has 1 aromatic heterocycles. The van der Waals surface area contributed by atoms with Crippen molar-refractivity contribution < 1.29 is 14.3 Å². The number of thiophene rings is 1. The zero-order chi connectivity index (χ0) is 17.9. The number of carbonyl (C=O) groups is 2. The van der Waals surface area contributed by atoms with Crippen LogP contribution >= 0.6 is 22.9 Å². The number of amides is 1. The van der Waals surface area contributed by atoms with Gasteiger partial charge in [0.05, 0.1) is 7.11 Å². The van der Waals surface area contributed by atoms with Crippen LogP contribution in [0.4, 0.5) is 5.00 Å². The first-order valence-electron chi connectivity index (χ1n) is 7.47. The molecule has 6 heteroatoms. The number of esters is 1. The number of rotatable bonds is 4. The SMILES string of the molecule is COC(=O)c1c(-c2ccc(Cl)cc2)csc1NC(=O)CC(C)(C)C. The summed E-state index contributed by atoms with van der Waals surface area (Å²) in [5.74, 6) is -0.607. The van der Waals surface area contributed by atoms with E-state index in [-0.39, 0.29) is 11.3 Å². The summed E-state index contributed by atoms with van der Waals surface area (Å²) >= 11 is 7.23. The van der Waals surface area contributed by atoms with E-state index in [0.29, 0.717) is 22.0 Å². The second-order valence-electron chi connectivity index (χ2n) is 6.64. The quantitative estimate of drug-likeness (QED) is 0.755. The van der Waals surface area contributed by atoms with E-state index in [0.717, 1.165) is 11.1 Å². The molecule has 4 nitrogen and oxygen atoms in total. The van der Waals surface area contributed by atoms with Gasteiger partial charge in [-0.2, -0.15) is 0 Å². The molecular weight excluding hydrogens is 346 g/mol. The van der Waals surface area contributed by atoms with Gasteiger partial charge in [0.15, 0.2) is 0 Å². The van der Waals surface area contributed by atoms with Crippen LogP contribution in [-0.4, -0.2) is 19.0 Å². The Balaban J connectivity index is 2.37. The van der Waals surface area contributed by atoms with Gasteiger partial charge in [-0.15, -0.1) is 11.3 Å². The van der Waals surface area contributed by atoms with Crippen molar-refractivity contribution in [1.29, 1.82) is 0 Å². The summed E-state index contributed by atoms with van der Waals surface area (Å²) in [4.78, 5) is 24.4. The van der Waals surface area contributed by atoms with E-state index >= 15 is 0 Å². The molecular formula is C18H20ClNO3S. The fourth-order valence-electron chi connectivity index (χ4n) is 2.25. The molecule has 0 saturated carbocycles. The van der Waals surface area contributed by atoms with Crippen LogP contribution in [0.1, 0.15) is 37.6 Å². The topological polar surface area (TPSA) is 55.4 Å². The number of benzene rings is 1. The molecule has 0 fully saturated rings. The van der Waals surface area contributed by atoms with Gasteiger partial charge in [-0.25, -0.2) is 4.79 Å². The highest BCUT2D eigenvalue weighted by atomic mass is 35.5. The van der Waals surface area contributed by atoms with E-state index in [4.69, 9.17) is 16.3 Å². The molecule has 1 N–H and O–H groups in total. The maximum Gasteiger partial charge on any atom is 0.341 e. The lowest BCUT2D eigenvalue weighted by Gasteiger charge is -2.17. The smallest absolute Gasteiger partial charge is 0.341 e. The Bertz CT molecular complexity index is 745. The summed E-state index contributed by atoms with van der Waals surface area (Å²) in [5, 5.41) is 5.79. The third kappa shape index (κ3) is 4.58. The highest BCUT2D eigenvalue weighted by molar-refractivity contribution is 7.15. The third-order valence-corrected chi connectivity index (χ3v) is 4.43. The molecule has 0 bridgehead atoms. The summed E-state index contributed by atoms with van der Waals surface area (Å²) in [5.41, 5.74) is 1.79. The van der Waals surface area contributed by atoms with Gasteiger partial charge in [0, 0.05) is 22.4 Å². The molecule has 0 saturated heterocycles. The lowest BCUT2D eigenvalue weighted by atomic mass is 9.92. The van der Waals surface area contributed by atoms with Crippen molar-refractivity contribution >= 4 is 39.8 Å². The fraction of sp³-hybridized carbons (Fsp3) is 0.333. The number of ether oxygens (including phenoxy) is 1. The Labute approximate surface area is 150 Å². The fourth-order valence-corrected chi connectivity index (χ4v) is 3.35. The molecule has 1 heterocycles. The number of carbonyl (C=O) groups excluding carboxylic acids is 2. The molecule has 128 valence electrons. The van der Waals surface area contributed by atoms with Gasteiger partial charge < -0.3 is 10.1 Å². The van der Waals surface area contributed by atoms with Gasteiger partial charge in [0.25, 0.3) is 0 Å². The second-order valence-corrected chi connectivity index (χ2v) is 7.95. The molecule has 0 atom stereocenters. The first kappa shape index (κ1) is 18.5. The Hall–Kier alpha value is -1.85. The van der Waals surface area contributed by atoms with E-state index in [1.54, 1.807) is 12.1 Å². The van der Waals surface area contributed by atoms with Gasteiger partial charge >= 0.3 is 5.97 Å². The lowest BCUT2D eigenvalue weighted by Crippen LogP contribution is -2.20. The number of nitrogens with one attached hydrogen (secondary N) is 1. The van der Waals surface area contributed by atoms with Crippen LogP contribution in [0.2, 0.25) is 5.02 Å². The van der Waals surface area contributed by atoms with E-state index in [9.17, 15) is 9.59 Å². The molecule has 0 unspecified atom stereocenters. The van der Waals surface area contributed by atoms with Crippen molar-refractivity contribution in [2.45, 2.75) is 27.2 Å². The Morgan fingerprint density at radius 3 is 2.38 bits per heavy atom. The van der Waals surface area contributed by atoms with Crippen LogP contribution in [-0.2, 0) is 9.53 Å². The third-order valence-electron chi connectivity index (χ3n) is 3.28. The summed E-state index contributed by atoms with van der Waals surface area (Å²) < 4.78 is 4.89. The predicted molar refractivity (Wildman–Crippen MR) is 98.8 cm³/mol. The lowest BCUT2D eigenvalue weighted by molar-refractivity contribution is -0.117. The Kier molecular flexibility index (Phi) is 5.67. The monoisotopic (exact) mass is 365 g/mol. The number of halogens is 1. The largest absolute Gasteiger partial charge is 0.465 e. The summed E-state index contributed by atoms with van der Waals surface area (Å²) in [7, 11) is 1.33. The molecule has 0 spiro atoms. The standard InChI is InChI=1S/C18H20ClNO3S/c1-18(2,3)9-14(21)20-16-15(17(22)23-4)13(10-24-16)11-5-7-12(19)8-6-11/h5-8,10H,9H2,1-4H3,(H,20,21). The van der Waals surface area contributed by atoms with Crippen LogP contribution in [0.15, 0.2) is 29.6 Å². The highest BCUT2D eigenvalue weighted by Gasteiger charge is 2.23. The normalized spacial score (nSPS) is 11.2. The second kappa shape index (κ2) is 7.36. The van der Waals surface area contributed by atoms with Gasteiger partial charge in [0.1, 0.15) is 10.6 Å². The van der Waals surface area contributed by atoms with Crippen molar-refractivity contribution in [2.24, 2.45) is 5.41 Å². The maximum atomic E-state index is 12.2. The van der Waals surface area contributed by atoms with Crippen LogP contribution in [0.5, 0.6) is 0 Å². The van der Waals surface area contributed by atoms with Crippen LogP contribution in [0.25, 0.3) is 11.1 Å². The van der Waals surface area contributed by atoms with Crippen LogP contribution < -0.4 is 5.32 Å². The summed E-state index contributed by atoms with van der Waals surface area (Å²) in [6, 6.07) is 7.18. The number of methoxy groups -OCH3 is 1. The zero-order valence-corrected chi connectivity index (χ0v) is 15.7. The molecule has 0 aliphatic rings. The molecule has 0 aliphatic heterocycles. The van der Waals surface area contributed by atoms with Gasteiger partial charge in [0.2, 0.25) is 5.91 Å². The van der Waals surface area contributed by atoms with Gasteiger partial charge in [-0.3, -0.25) is 4.79 Å². The summed E-state index contributed by atoms with van der Waals surface area (Å²) in [6.07, 6.45) is 0.363. The minimum Gasteiger partial charge on any atom is -0.465 e. The minimum atomic E-state index is -0.479. The van der Waals surface area contributed by atoms with Crippen molar-refractivity contribution in [1.82, 2.24) is 0 Å². The van der Waals surface area contributed by atoms with Crippen molar-refractivity contribution in [3.63, 3.8) is 0 Å². The molecule has 24 heavy (non-hydrogen) atoms. The number of anilines is 1. The molecule has 0 radical (unpaired) electrons. The predicted octanol–water partition coefficient (Wildman–Crippen LogP) is 5.23. The van der Waals surface area contributed by atoms with E-state index in [1.807, 2.05) is 38.3 Å². The molecule has 0 aliphatic carbocycles. The average Bonchev–Trinajstić information content (AvgIpc) is 2.88. The van der Waals surface area contributed by atoms with Gasteiger partial charge in [-0.05, 0) is 23.1 Å². The van der Waals surface area contributed by atoms with Gasteiger partial charge in [-0.1, -0.05) is 44.5 Å². The first-order chi connectivity index (χ1) is 11.2. The molecule has 1 amide bonds. The Morgan fingerprint density at radius 1 is 1.21 bits per heavy atom. The molecule has 1 aromatic carbocycles. The maximum absolute atomic E-state index is 12.2. The molecule has 2 rings (SSSR count). The Morgan fingerprint density at radius 2 is 1.83 bits per heavy atom. The first-order valence-corrected chi connectivity index (χ1v) is 8.72. The van der Waals surface area contributed by atoms with Crippen LogP contribution in [0, 0.1) is 5.41 Å². The number of hydrogen-bond acceptors (Lipinski definition) is 4. The molecule has 2 aromatic rings. The van der Waals surface area contributed by atoms with E-state index < -0.39 is 5.97 Å². The zero-order valence-electron chi connectivity index (χ0n) is 14.1. The van der Waals surface area contributed by atoms with Crippen molar-refractivity contribution in [3.05, 3.63) is 40.2 Å². The van der Waals surface area contributed by atoms with E-state index in [2.05, 4.69) is 5.32 Å². The van der Waals surface area contributed by atoms with Crippen LogP contribution in [0.3, 0.4) is 0 Å². The average molecular weight is 366 g/mol.